The normalized spacial score (nSPS) is 10.0. The van der Waals surface area contributed by atoms with Gasteiger partial charge in [0.2, 0.25) is 0 Å². The van der Waals surface area contributed by atoms with Gasteiger partial charge in [-0.25, -0.2) is 14.0 Å². The summed E-state index contributed by atoms with van der Waals surface area (Å²) in [6, 6.07) is 5.55. The zero-order valence-electron chi connectivity index (χ0n) is 15.2. The minimum absolute atomic E-state index is 0. The molecule has 0 saturated carbocycles. The molecule has 2 rings (SSSR count). The van der Waals surface area contributed by atoms with Gasteiger partial charge >= 0.3 is 11.9 Å². The Labute approximate surface area is 151 Å². The molecule has 0 fully saturated rings. The number of carbonyl (C=O) groups excluding carboxylic acids is 2. The van der Waals surface area contributed by atoms with E-state index in [0.29, 0.717) is 22.5 Å². The van der Waals surface area contributed by atoms with Gasteiger partial charge in [-0.3, -0.25) is 4.98 Å². The number of esters is 2. The van der Waals surface area contributed by atoms with Crippen molar-refractivity contribution in [3.05, 3.63) is 52.6 Å². The molecular weight excluding hydrogens is 341 g/mol. The van der Waals surface area contributed by atoms with Crippen LogP contribution in [-0.2, 0) is 9.47 Å². The van der Waals surface area contributed by atoms with Crippen LogP contribution in [0.1, 0.15) is 46.0 Å². The molecule has 0 aliphatic heterocycles. The third-order valence-electron chi connectivity index (χ3n) is 3.65. The van der Waals surface area contributed by atoms with Crippen LogP contribution in [0.2, 0.25) is 0 Å². The molecule has 26 heavy (non-hydrogen) atoms. The molecule has 140 valence electrons. The van der Waals surface area contributed by atoms with Crippen LogP contribution < -0.4 is 0 Å². The summed E-state index contributed by atoms with van der Waals surface area (Å²) in [5.41, 5.74) is 2.10. The van der Waals surface area contributed by atoms with Crippen LogP contribution in [0.15, 0.2) is 24.3 Å². The number of halogens is 1. The maximum absolute atomic E-state index is 13.3. The number of hydrogen-bond acceptors (Lipinski definition) is 5. The number of ether oxygens (including phenoxy) is 2. The van der Waals surface area contributed by atoms with E-state index in [1.54, 1.807) is 27.7 Å². The second-order valence-electron chi connectivity index (χ2n) is 5.36. The predicted molar refractivity (Wildman–Crippen MR) is 94.6 cm³/mol. The molecular formula is C19H22FNO5. The predicted octanol–water partition coefficient (Wildman–Crippen LogP) is 3.03. The van der Waals surface area contributed by atoms with Crippen LogP contribution in [0, 0.1) is 19.7 Å². The summed E-state index contributed by atoms with van der Waals surface area (Å²) in [6.45, 7) is 7.09. The quantitative estimate of drug-likeness (QED) is 0.761. The number of aromatic nitrogens is 1. The molecule has 2 N–H and O–H groups in total. The van der Waals surface area contributed by atoms with E-state index in [-0.39, 0.29) is 29.8 Å². The molecule has 0 saturated heterocycles. The van der Waals surface area contributed by atoms with Gasteiger partial charge in [0.1, 0.15) is 5.82 Å². The first-order valence-corrected chi connectivity index (χ1v) is 8.02. The van der Waals surface area contributed by atoms with Crippen molar-refractivity contribution in [2.75, 3.05) is 13.2 Å². The van der Waals surface area contributed by atoms with Crippen LogP contribution in [0.4, 0.5) is 4.39 Å². The lowest BCUT2D eigenvalue weighted by atomic mass is 9.92. The summed E-state index contributed by atoms with van der Waals surface area (Å²) < 4.78 is 23.6. The van der Waals surface area contributed by atoms with Crippen LogP contribution in [0.25, 0.3) is 11.1 Å². The van der Waals surface area contributed by atoms with Crippen molar-refractivity contribution in [2.45, 2.75) is 27.7 Å². The summed E-state index contributed by atoms with van der Waals surface area (Å²) in [5.74, 6) is -1.59. The SMILES string of the molecule is CCOC(=O)c1c(C)nc(C)c(C(=O)OCC)c1-c1ccc(F)cc1.O. The number of carbonyl (C=O) groups is 2. The van der Waals surface area contributed by atoms with Crippen LogP contribution in [0.3, 0.4) is 0 Å². The van der Waals surface area contributed by atoms with Crippen molar-refractivity contribution in [3.8, 4) is 11.1 Å². The molecule has 2 aromatic rings. The molecule has 1 aromatic carbocycles. The number of rotatable bonds is 5. The van der Waals surface area contributed by atoms with Gasteiger partial charge in [0.05, 0.1) is 35.7 Å². The van der Waals surface area contributed by atoms with E-state index >= 15 is 0 Å². The van der Waals surface area contributed by atoms with Gasteiger partial charge < -0.3 is 14.9 Å². The molecule has 0 radical (unpaired) electrons. The van der Waals surface area contributed by atoms with E-state index in [1.165, 1.54) is 24.3 Å². The number of hydrogen-bond donors (Lipinski definition) is 0. The van der Waals surface area contributed by atoms with E-state index in [9.17, 15) is 14.0 Å². The maximum atomic E-state index is 13.3. The van der Waals surface area contributed by atoms with Crippen LogP contribution in [0.5, 0.6) is 0 Å². The summed E-state index contributed by atoms with van der Waals surface area (Å²) in [6.07, 6.45) is 0. The number of aryl methyl sites for hydroxylation is 2. The average molecular weight is 363 g/mol. The fourth-order valence-electron chi connectivity index (χ4n) is 2.66. The lowest BCUT2D eigenvalue weighted by molar-refractivity contribution is 0.0525. The minimum Gasteiger partial charge on any atom is -0.462 e. The van der Waals surface area contributed by atoms with E-state index in [1.807, 2.05) is 0 Å². The van der Waals surface area contributed by atoms with Crippen molar-refractivity contribution in [1.82, 2.24) is 4.98 Å². The van der Waals surface area contributed by atoms with Crippen molar-refractivity contribution >= 4 is 11.9 Å². The van der Waals surface area contributed by atoms with Crippen LogP contribution >= 0.6 is 0 Å². The Morgan fingerprint density at radius 2 is 1.35 bits per heavy atom. The van der Waals surface area contributed by atoms with Crippen LogP contribution in [-0.4, -0.2) is 35.6 Å². The number of nitrogens with zero attached hydrogens (tertiary/aromatic N) is 1. The first-order valence-electron chi connectivity index (χ1n) is 8.02. The summed E-state index contributed by atoms with van der Waals surface area (Å²) >= 11 is 0. The molecule has 0 amide bonds. The maximum Gasteiger partial charge on any atom is 0.340 e. The third-order valence-corrected chi connectivity index (χ3v) is 3.65. The van der Waals surface area contributed by atoms with Gasteiger partial charge in [-0.2, -0.15) is 0 Å². The fourth-order valence-corrected chi connectivity index (χ4v) is 2.66. The highest BCUT2D eigenvalue weighted by molar-refractivity contribution is 6.07. The Morgan fingerprint density at radius 3 is 1.73 bits per heavy atom. The fraction of sp³-hybridized carbons (Fsp3) is 0.316. The molecule has 0 aliphatic rings. The number of pyridine rings is 1. The largest absolute Gasteiger partial charge is 0.462 e. The Kier molecular flexibility index (Phi) is 7.40. The lowest BCUT2D eigenvalue weighted by Crippen LogP contribution is -2.17. The zero-order chi connectivity index (χ0) is 18.6. The molecule has 7 heteroatoms. The molecule has 1 aromatic heterocycles. The Morgan fingerprint density at radius 1 is 0.923 bits per heavy atom. The van der Waals surface area contributed by atoms with Crippen molar-refractivity contribution < 1.29 is 28.9 Å². The highest BCUT2D eigenvalue weighted by atomic mass is 19.1. The first kappa shape index (κ1) is 21.2. The third kappa shape index (κ3) is 4.23. The smallest absolute Gasteiger partial charge is 0.340 e. The second-order valence-corrected chi connectivity index (χ2v) is 5.36. The highest BCUT2D eigenvalue weighted by Gasteiger charge is 2.27. The van der Waals surface area contributed by atoms with Crippen molar-refractivity contribution in [1.29, 1.82) is 0 Å². The lowest BCUT2D eigenvalue weighted by Gasteiger charge is -2.17. The summed E-state index contributed by atoms with van der Waals surface area (Å²) in [7, 11) is 0. The molecule has 0 bridgehead atoms. The summed E-state index contributed by atoms with van der Waals surface area (Å²) in [5, 5.41) is 0. The Bertz CT molecular complexity index is 760. The summed E-state index contributed by atoms with van der Waals surface area (Å²) in [4.78, 5) is 29.3. The molecule has 0 spiro atoms. The van der Waals surface area contributed by atoms with E-state index in [4.69, 9.17) is 9.47 Å². The average Bonchev–Trinajstić information content (AvgIpc) is 2.55. The number of benzene rings is 1. The molecule has 0 unspecified atom stereocenters. The first-order chi connectivity index (χ1) is 11.9. The molecule has 1 heterocycles. The van der Waals surface area contributed by atoms with Crippen molar-refractivity contribution in [2.24, 2.45) is 0 Å². The van der Waals surface area contributed by atoms with Gasteiger partial charge in [0.15, 0.2) is 0 Å². The van der Waals surface area contributed by atoms with E-state index in [2.05, 4.69) is 4.98 Å². The molecule has 0 aliphatic carbocycles. The minimum atomic E-state index is -0.586. The topological polar surface area (TPSA) is 97.0 Å². The van der Waals surface area contributed by atoms with Crippen molar-refractivity contribution in [3.63, 3.8) is 0 Å². The molecule has 6 nitrogen and oxygen atoms in total. The van der Waals surface area contributed by atoms with Gasteiger partial charge in [-0.1, -0.05) is 12.1 Å². The van der Waals surface area contributed by atoms with Gasteiger partial charge in [-0.05, 0) is 45.4 Å². The van der Waals surface area contributed by atoms with Gasteiger partial charge in [0.25, 0.3) is 0 Å². The standard InChI is InChI=1S/C19H20FNO4.H2O/c1-5-24-18(22)15-11(3)21-12(4)16(19(23)25-6-2)17(15)13-7-9-14(20)10-8-13;/h7-10H,5-6H2,1-4H3;1H2. The monoisotopic (exact) mass is 363 g/mol. The Balaban J connectivity index is 0.00000338. The highest BCUT2D eigenvalue weighted by Crippen LogP contribution is 2.32. The van der Waals surface area contributed by atoms with Gasteiger partial charge in [-0.15, -0.1) is 0 Å². The second kappa shape index (κ2) is 9.05. The Hall–Kier alpha value is -2.80. The van der Waals surface area contributed by atoms with E-state index in [0.717, 1.165) is 0 Å². The van der Waals surface area contributed by atoms with Gasteiger partial charge in [0, 0.05) is 5.56 Å². The zero-order valence-corrected chi connectivity index (χ0v) is 15.2. The molecule has 0 atom stereocenters. The van der Waals surface area contributed by atoms with E-state index < -0.39 is 17.8 Å².